The van der Waals surface area contributed by atoms with Crippen molar-refractivity contribution in [1.82, 2.24) is 0 Å². The quantitative estimate of drug-likeness (QED) is 0.837. The monoisotopic (exact) mass is 297 g/mol. The van der Waals surface area contributed by atoms with Crippen molar-refractivity contribution < 1.29 is 4.74 Å². The summed E-state index contributed by atoms with van der Waals surface area (Å²) in [6.07, 6.45) is 2.32. The van der Waals surface area contributed by atoms with Crippen LogP contribution in [0.4, 0.5) is 5.69 Å². The van der Waals surface area contributed by atoms with Gasteiger partial charge in [-0.1, -0.05) is 20.8 Å². The van der Waals surface area contributed by atoms with Crippen molar-refractivity contribution in [3.05, 3.63) is 22.2 Å². The summed E-state index contributed by atoms with van der Waals surface area (Å²) >= 11 is 3.54. The van der Waals surface area contributed by atoms with Crippen LogP contribution < -0.4 is 10.1 Å². The zero-order valence-corrected chi connectivity index (χ0v) is 12.5. The van der Waals surface area contributed by atoms with Gasteiger partial charge < -0.3 is 10.1 Å². The third-order valence-corrected chi connectivity index (χ3v) is 4.07. The maximum Gasteiger partial charge on any atom is 0.135 e. The number of methoxy groups -OCH3 is 1. The standard InChI is InChI=1S/C14H20BrNO/c1-14(2,3)13-6-5-9-7-10(15)12(17-4)8-11(9)16-13/h7-8,13,16H,5-6H2,1-4H3. The summed E-state index contributed by atoms with van der Waals surface area (Å²) in [6, 6.07) is 4.79. The number of fused-ring (bicyclic) bond motifs is 1. The van der Waals surface area contributed by atoms with Crippen LogP contribution in [0.1, 0.15) is 32.8 Å². The lowest BCUT2D eigenvalue weighted by Crippen LogP contribution is -2.37. The minimum absolute atomic E-state index is 0.290. The third kappa shape index (κ3) is 2.59. The fraction of sp³-hybridized carbons (Fsp3) is 0.571. The minimum Gasteiger partial charge on any atom is -0.495 e. The highest BCUT2D eigenvalue weighted by molar-refractivity contribution is 9.10. The Balaban J connectivity index is 2.31. The fourth-order valence-electron chi connectivity index (χ4n) is 2.30. The topological polar surface area (TPSA) is 21.3 Å². The zero-order chi connectivity index (χ0) is 12.6. The molecule has 0 spiro atoms. The van der Waals surface area contributed by atoms with Crippen LogP contribution in [0, 0.1) is 5.41 Å². The summed E-state index contributed by atoms with van der Waals surface area (Å²) < 4.78 is 6.38. The van der Waals surface area contributed by atoms with Gasteiger partial charge in [-0.05, 0) is 45.8 Å². The maximum atomic E-state index is 5.35. The maximum absolute atomic E-state index is 5.35. The van der Waals surface area contributed by atoms with Crippen LogP contribution >= 0.6 is 15.9 Å². The molecule has 0 aromatic heterocycles. The van der Waals surface area contributed by atoms with Gasteiger partial charge in [-0.25, -0.2) is 0 Å². The van der Waals surface area contributed by atoms with Crippen molar-refractivity contribution in [2.24, 2.45) is 5.41 Å². The number of halogens is 1. The Morgan fingerprint density at radius 3 is 2.65 bits per heavy atom. The van der Waals surface area contributed by atoms with Crippen LogP contribution in [0.2, 0.25) is 0 Å². The summed E-state index contributed by atoms with van der Waals surface area (Å²) in [5.74, 6) is 0.894. The second kappa shape index (κ2) is 4.52. The first-order chi connectivity index (χ1) is 7.91. The van der Waals surface area contributed by atoms with Crippen LogP contribution in [0.5, 0.6) is 5.75 Å². The van der Waals surface area contributed by atoms with Gasteiger partial charge in [0.15, 0.2) is 0 Å². The molecule has 1 N–H and O–H groups in total. The van der Waals surface area contributed by atoms with Crippen LogP contribution in [0.15, 0.2) is 16.6 Å². The van der Waals surface area contributed by atoms with Gasteiger partial charge in [-0.3, -0.25) is 0 Å². The van der Waals surface area contributed by atoms with E-state index in [0.717, 1.165) is 16.6 Å². The Bertz CT molecular complexity index is 423. The highest BCUT2D eigenvalue weighted by atomic mass is 79.9. The second-order valence-electron chi connectivity index (χ2n) is 5.75. The fourth-order valence-corrected chi connectivity index (χ4v) is 2.85. The summed E-state index contributed by atoms with van der Waals surface area (Å²) in [4.78, 5) is 0. The van der Waals surface area contributed by atoms with E-state index in [-0.39, 0.29) is 5.41 Å². The molecule has 1 atom stereocenters. The van der Waals surface area contributed by atoms with Crippen molar-refractivity contribution >= 4 is 21.6 Å². The first-order valence-corrected chi connectivity index (χ1v) is 6.84. The van der Waals surface area contributed by atoms with Gasteiger partial charge in [0.25, 0.3) is 0 Å². The Hall–Kier alpha value is -0.700. The van der Waals surface area contributed by atoms with Gasteiger partial charge in [0, 0.05) is 17.8 Å². The molecule has 0 amide bonds. The number of anilines is 1. The van der Waals surface area contributed by atoms with Crippen molar-refractivity contribution in [2.75, 3.05) is 12.4 Å². The molecule has 0 aliphatic carbocycles. The molecule has 3 heteroatoms. The molecule has 2 rings (SSSR count). The normalized spacial score (nSPS) is 19.5. The summed E-state index contributed by atoms with van der Waals surface area (Å²) in [6.45, 7) is 6.85. The SMILES string of the molecule is COc1cc2c(cc1Br)CCC(C(C)(C)C)N2. The average molecular weight is 298 g/mol. The molecular formula is C14H20BrNO. The molecular weight excluding hydrogens is 278 g/mol. The molecule has 1 aromatic rings. The third-order valence-electron chi connectivity index (χ3n) is 3.46. The lowest BCUT2D eigenvalue weighted by atomic mass is 9.81. The van der Waals surface area contributed by atoms with Gasteiger partial charge in [-0.2, -0.15) is 0 Å². The number of ether oxygens (including phenoxy) is 1. The molecule has 0 fully saturated rings. The Morgan fingerprint density at radius 2 is 2.06 bits per heavy atom. The van der Waals surface area contributed by atoms with Gasteiger partial charge >= 0.3 is 0 Å². The van der Waals surface area contributed by atoms with Crippen molar-refractivity contribution in [3.63, 3.8) is 0 Å². The predicted octanol–water partition coefficient (Wildman–Crippen LogP) is 4.23. The van der Waals surface area contributed by atoms with Gasteiger partial charge in [0.05, 0.1) is 11.6 Å². The Morgan fingerprint density at radius 1 is 1.35 bits per heavy atom. The molecule has 0 saturated carbocycles. The first kappa shape index (κ1) is 12.7. The van der Waals surface area contributed by atoms with Gasteiger partial charge in [0.2, 0.25) is 0 Å². The number of nitrogens with one attached hydrogen (secondary N) is 1. The molecule has 0 bridgehead atoms. The van der Waals surface area contributed by atoms with E-state index in [4.69, 9.17) is 4.74 Å². The van der Waals surface area contributed by atoms with E-state index in [1.807, 2.05) is 0 Å². The number of benzene rings is 1. The summed E-state index contributed by atoms with van der Waals surface area (Å²) in [5.41, 5.74) is 2.88. The van der Waals surface area contributed by atoms with E-state index >= 15 is 0 Å². The van der Waals surface area contributed by atoms with E-state index in [2.05, 4.69) is 54.2 Å². The number of hydrogen-bond acceptors (Lipinski definition) is 2. The van der Waals surface area contributed by atoms with E-state index < -0.39 is 0 Å². The summed E-state index contributed by atoms with van der Waals surface area (Å²) in [7, 11) is 1.70. The van der Waals surface area contributed by atoms with Crippen molar-refractivity contribution in [2.45, 2.75) is 39.7 Å². The van der Waals surface area contributed by atoms with E-state index in [1.54, 1.807) is 7.11 Å². The molecule has 17 heavy (non-hydrogen) atoms. The molecule has 0 saturated heterocycles. The molecule has 1 aliphatic heterocycles. The average Bonchev–Trinajstić information content (AvgIpc) is 2.26. The molecule has 1 heterocycles. The highest BCUT2D eigenvalue weighted by Crippen LogP contribution is 2.38. The molecule has 94 valence electrons. The van der Waals surface area contributed by atoms with Crippen molar-refractivity contribution in [3.8, 4) is 5.75 Å². The zero-order valence-electron chi connectivity index (χ0n) is 10.9. The van der Waals surface area contributed by atoms with Gasteiger partial charge in [-0.15, -0.1) is 0 Å². The van der Waals surface area contributed by atoms with E-state index in [9.17, 15) is 0 Å². The Kier molecular flexibility index (Phi) is 3.39. The Labute approximate surface area is 112 Å². The molecule has 0 radical (unpaired) electrons. The lowest BCUT2D eigenvalue weighted by Gasteiger charge is -2.36. The van der Waals surface area contributed by atoms with Crippen LogP contribution in [0.25, 0.3) is 0 Å². The minimum atomic E-state index is 0.290. The molecule has 2 nitrogen and oxygen atoms in total. The highest BCUT2D eigenvalue weighted by Gasteiger charge is 2.28. The number of aryl methyl sites for hydroxylation is 1. The van der Waals surface area contributed by atoms with E-state index in [0.29, 0.717) is 6.04 Å². The van der Waals surface area contributed by atoms with Gasteiger partial charge in [0.1, 0.15) is 5.75 Å². The second-order valence-corrected chi connectivity index (χ2v) is 6.60. The molecule has 1 aliphatic rings. The van der Waals surface area contributed by atoms with Crippen LogP contribution in [-0.2, 0) is 6.42 Å². The largest absolute Gasteiger partial charge is 0.495 e. The lowest BCUT2D eigenvalue weighted by molar-refractivity contribution is 0.320. The van der Waals surface area contributed by atoms with Crippen LogP contribution in [-0.4, -0.2) is 13.2 Å². The molecule has 1 aromatic carbocycles. The predicted molar refractivity (Wildman–Crippen MR) is 75.9 cm³/mol. The smallest absolute Gasteiger partial charge is 0.135 e. The summed E-state index contributed by atoms with van der Waals surface area (Å²) in [5, 5.41) is 3.64. The molecule has 1 unspecified atom stereocenters. The van der Waals surface area contributed by atoms with E-state index in [1.165, 1.54) is 17.7 Å². The van der Waals surface area contributed by atoms with Crippen molar-refractivity contribution in [1.29, 1.82) is 0 Å². The number of hydrogen-bond donors (Lipinski definition) is 1. The first-order valence-electron chi connectivity index (χ1n) is 6.05. The van der Waals surface area contributed by atoms with Crippen LogP contribution in [0.3, 0.4) is 0 Å². The number of rotatable bonds is 1.